The Morgan fingerprint density at radius 1 is 0.312 bits per heavy atom. The van der Waals surface area contributed by atoms with Crippen molar-refractivity contribution in [2.24, 2.45) is 28.2 Å². The average molecular weight is 421 g/mol. The maximum Gasteiger partial charge on any atom is 0.0429 e. The topological polar surface area (TPSA) is 19.7 Å². The summed E-state index contributed by atoms with van der Waals surface area (Å²) < 4.78 is 8.90. The fraction of sp³-hybridized carbons (Fsp3) is 0.143. The lowest BCUT2D eigenvalue weighted by molar-refractivity contribution is 0.972. The van der Waals surface area contributed by atoms with E-state index in [9.17, 15) is 0 Å². The molecule has 0 saturated heterocycles. The molecule has 8 aromatic rings. The predicted molar refractivity (Wildman–Crippen MR) is 136 cm³/mol. The lowest BCUT2D eigenvalue weighted by atomic mass is 10.2. The van der Waals surface area contributed by atoms with Gasteiger partial charge in [0.1, 0.15) is 0 Å². The first-order valence-electron chi connectivity index (χ1n) is 10.9. The molecule has 8 bridgehead atoms. The maximum absolute atomic E-state index is 2.23. The molecule has 8 rings (SSSR count). The lowest BCUT2D eigenvalue weighted by Crippen LogP contribution is -1.97. The molecule has 0 amide bonds. The normalized spacial score (nSPS) is 11.1. The van der Waals surface area contributed by atoms with Crippen LogP contribution >= 0.6 is 0 Å². The minimum Gasteiger partial charge on any atom is -0.345 e. The van der Waals surface area contributed by atoms with Gasteiger partial charge in [-0.25, -0.2) is 0 Å². The first-order valence-corrected chi connectivity index (χ1v) is 10.9. The van der Waals surface area contributed by atoms with Crippen LogP contribution < -0.4 is 0 Å². The Labute approximate surface area is 187 Å². The molecule has 4 aromatic carbocycles. The van der Waals surface area contributed by atoms with Crippen molar-refractivity contribution in [2.45, 2.75) is 0 Å². The van der Waals surface area contributed by atoms with Crippen molar-refractivity contribution in [2.75, 3.05) is 0 Å². The van der Waals surface area contributed by atoms with Gasteiger partial charge in [-0.1, -0.05) is 12.1 Å². The van der Waals surface area contributed by atoms with E-state index < -0.39 is 0 Å². The number of hydrogen-bond acceptors (Lipinski definition) is 0. The SMILES string of the molecule is Cn1c2ccc(cc2)n(C)c2cccc(c2)n(C)c2ccc(cc2)n(C)c2cccc1c2. The summed E-state index contributed by atoms with van der Waals surface area (Å²) in [6, 6.07) is 34.7. The Balaban J connectivity index is 1.99. The van der Waals surface area contributed by atoms with Gasteiger partial charge in [-0.15, -0.1) is 0 Å². The van der Waals surface area contributed by atoms with Crippen molar-refractivity contribution in [3.05, 3.63) is 97.1 Å². The monoisotopic (exact) mass is 420 g/mol. The van der Waals surface area contributed by atoms with E-state index in [1.54, 1.807) is 0 Å². The number of benzene rings is 4. The first kappa shape index (κ1) is 20.0. The number of rotatable bonds is 0. The largest absolute Gasteiger partial charge is 0.345 e. The third-order valence-corrected chi connectivity index (χ3v) is 6.46. The molecule has 4 heterocycles. The molecule has 0 N–H and O–H groups in total. The van der Waals surface area contributed by atoms with Crippen molar-refractivity contribution in [1.82, 2.24) is 18.3 Å². The van der Waals surface area contributed by atoms with Gasteiger partial charge < -0.3 is 18.3 Å². The Hall–Kier alpha value is -3.92. The molecule has 0 aliphatic heterocycles. The van der Waals surface area contributed by atoms with Crippen LogP contribution in [0.5, 0.6) is 0 Å². The smallest absolute Gasteiger partial charge is 0.0429 e. The molecule has 0 spiro atoms. The van der Waals surface area contributed by atoms with E-state index in [0.29, 0.717) is 0 Å². The third-order valence-electron chi connectivity index (χ3n) is 6.46. The van der Waals surface area contributed by atoms with Crippen LogP contribution in [0.2, 0.25) is 0 Å². The second-order valence-electron chi connectivity index (χ2n) is 8.31. The fourth-order valence-corrected chi connectivity index (χ4v) is 4.22. The molecule has 0 fully saturated rings. The summed E-state index contributed by atoms with van der Waals surface area (Å²) in [5.41, 5.74) is 9.23. The molecule has 0 saturated carbocycles. The summed E-state index contributed by atoms with van der Waals surface area (Å²) in [5.74, 6) is 0. The quantitative estimate of drug-likeness (QED) is 0.274. The minimum atomic E-state index is 1.15. The number of aromatic nitrogens is 4. The van der Waals surface area contributed by atoms with E-state index in [2.05, 4.69) is 144 Å². The van der Waals surface area contributed by atoms with Gasteiger partial charge in [-0.3, -0.25) is 0 Å². The number of nitrogens with zero attached hydrogens (tertiary/aromatic N) is 4. The highest BCUT2D eigenvalue weighted by atomic mass is 15.0. The van der Waals surface area contributed by atoms with Crippen molar-refractivity contribution < 1.29 is 0 Å². The summed E-state index contributed by atoms with van der Waals surface area (Å²) in [5, 5.41) is 0. The van der Waals surface area contributed by atoms with Crippen molar-refractivity contribution >= 4 is 44.1 Å². The Kier molecular flexibility index (Phi) is 4.98. The molecule has 4 nitrogen and oxygen atoms in total. The van der Waals surface area contributed by atoms with Crippen LogP contribution in [0.25, 0.3) is 44.1 Å². The summed E-state index contributed by atoms with van der Waals surface area (Å²) in [6.45, 7) is 0. The fourth-order valence-electron chi connectivity index (χ4n) is 4.22. The van der Waals surface area contributed by atoms with E-state index in [-0.39, 0.29) is 0 Å². The van der Waals surface area contributed by atoms with Gasteiger partial charge in [-0.05, 0) is 84.9 Å². The van der Waals surface area contributed by atoms with Crippen LogP contribution in [0.1, 0.15) is 0 Å². The predicted octanol–water partition coefficient (Wildman–Crippen LogP) is 6.46. The molecule has 0 radical (unpaired) electrons. The zero-order valence-corrected chi connectivity index (χ0v) is 19.0. The molecular weight excluding hydrogens is 392 g/mol. The van der Waals surface area contributed by atoms with Gasteiger partial charge >= 0.3 is 0 Å². The third kappa shape index (κ3) is 3.54. The Morgan fingerprint density at radius 3 is 0.750 bits per heavy atom. The van der Waals surface area contributed by atoms with Crippen LogP contribution in [-0.4, -0.2) is 18.3 Å². The van der Waals surface area contributed by atoms with Gasteiger partial charge in [0, 0.05) is 72.3 Å². The Bertz CT molecular complexity index is 1340. The Morgan fingerprint density at radius 2 is 0.531 bits per heavy atom. The van der Waals surface area contributed by atoms with E-state index in [0.717, 1.165) is 44.1 Å². The molecule has 0 aliphatic rings. The summed E-state index contributed by atoms with van der Waals surface area (Å²) in [6.07, 6.45) is 0. The molecule has 0 atom stereocenters. The van der Waals surface area contributed by atoms with Crippen molar-refractivity contribution in [3.8, 4) is 0 Å². The molecule has 160 valence electrons. The highest BCUT2D eigenvalue weighted by Crippen LogP contribution is 2.16. The average Bonchev–Trinajstić information content (AvgIpc) is 2.87. The molecule has 4 heteroatoms. The zero-order valence-electron chi connectivity index (χ0n) is 19.0. The van der Waals surface area contributed by atoms with E-state index in [1.807, 2.05) is 0 Å². The summed E-state index contributed by atoms with van der Waals surface area (Å²) >= 11 is 0. The highest BCUT2D eigenvalue weighted by Gasteiger charge is 1.98. The van der Waals surface area contributed by atoms with Gasteiger partial charge in [-0.2, -0.15) is 0 Å². The van der Waals surface area contributed by atoms with Crippen LogP contribution in [0, 0.1) is 0 Å². The van der Waals surface area contributed by atoms with Gasteiger partial charge in [0.2, 0.25) is 0 Å². The molecular formula is C28H28N4. The van der Waals surface area contributed by atoms with E-state index >= 15 is 0 Å². The zero-order chi connectivity index (χ0) is 22.2. The second-order valence-corrected chi connectivity index (χ2v) is 8.31. The van der Waals surface area contributed by atoms with Crippen LogP contribution in [-0.2, 0) is 28.2 Å². The van der Waals surface area contributed by atoms with Gasteiger partial charge in [0.25, 0.3) is 0 Å². The van der Waals surface area contributed by atoms with Gasteiger partial charge in [0.05, 0.1) is 0 Å². The highest BCUT2D eigenvalue weighted by molar-refractivity contribution is 5.71. The van der Waals surface area contributed by atoms with Crippen LogP contribution in [0.3, 0.4) is 0 Å². The number of hydrogen-bond donors (Lipinski definition) is 0. The lowest BCUT2D eigenvalue weighted by Gasteiger charge is -2.09. The minimum absolute atomic E-state index is 1.15. The van der Waals surface area contributed by atoms with Crippen LogP contribution in [0.15, 0.2) is 97.1 Å². The van der Waals surface area contributed by atoms with Crippen molar-refractivity contribution in [3.63, 3.8) is 0 Å². The number of aryl methyl sites for hydroxylation is 4. The van der Waals surface area contributed by atoms with Crippen LogP contribution in [0.4, 0.5) is 0 Å². The second kappa shape index (κ2) is 7.97. The summed E-state index contributed by atoms with van der Waals surface area (Å²) in [4.78, 5) is 0. The molecule has 0 unspecified atom stereocenters. The van der Waals surface area contributed by atoms with E-state index in [1.165, 1.54) is 0 Å². The van der Waals surface area contributed by atoms with Crippen molar-refractivity contribution in [1.29, 1.82) is 0 Å². The van der Waals surface area contributed by atoms with E-state index in [4.69, 9.17) is 0 Å². The first-order chi connectivity index (χ1) is 15.5. The summed E-state index contributed by atoms with van der Waals surface area (Å²) in [7, 11) is 8.46. The van der Waals surface area contributed by atoms with Gasteiger partial charge in [0.15, 0.2) is 0 Å². The molecule has 4 aromatic heterocycles. The molecule has 32 heavy (non-hydrogen) atoms. The molecule has 0 aliphatic carbocycles. The maximum atomic E-state index is 2.23. The standard InChI is InChI=1S/C28H28N4/c1-29-21-11-13-22(14-12-21)31(3)27-9-6-10-28(20-27)32(4)24-17-15-23(16-18-24)30(2)26-8-5-7-25(29)19-26/h5-20H,1-4H3.